The summed E-state index contributed by atoms with van der Waals surface area (Å²) in [5.74, 6) is 0.414. The Morgan fingerprint density at radius 3 is 2.84 bits per heavy atom. The topological polar surface area (TPSA) is 104 Å². The number of aromatic nitrogens is 1. The van der Waals surface area contributed by atoms with Gasteiger partial charge in [-0.3, -0.25) is 10.1 Å². The van der Waals surface area contributed by atoms with Crippen molar-refractivity contribution in [1.82, 2.24) is 10.3 Å². The summed E-state index contributed by atoms with van der Waals surface area (Å²) in [6.07, 6.45) is 3.00. The molecule has 0 bridgehead atoms. The summed E-state index contributed by atoms with van der Waals surface area (Å²) in [5.41, 5.74) is -0.105. The van der Waals surface area contributed by atoms with Crippen LogP contribution in [0.15, 0.2) is 12.3 Å². The minimum absolute atomic E-state index is 0.139. The van der Waals surface area contributed by atoms with Crippen LogP contribution in [-0.4, -0.2) is 28.5 Å². The third-order valence-corrected chi connectivity index (χ3v) is 3.33. The molecule has 0 spiro atoms. The maximum atomic E-state index is 10.7. The van der Waals surface area contributed by atoms with Crippen LogP contribution in [-0.2, 0) is 0 Å². The number of nitrogens with zero attached hydrogens (tertiary/aromatic N) is 3. The molecule has 0 radical (unpaired) electrons. The first-order valence-electron chi connectivity index (χ1n) is 6.07. The Bertz CT molecular complexity index is 531. The van der Waals surface area contributed by atoms with E-state index in [0.717, 1.165) is 25.9 Å². The number of nitro groups is 1. The van der Waals surface area contributed by atoms with E-state index in [1.807, 2.05) is 6.07 Å². The van der Waals surface area contributed by atoms with Crippen LogP contribution in [0.5, 0.6) is 0 Å². The maximum Gasteiger partial charge on any atom is 0.289 e. The molecular weight excluding hydrogens is 246 g/mol. The first-order valence-corrected chi connectivity index (χ1v) is 6.07. The first-order chi connectivity index (χ1) is 9.04. The van der Waals surface area contributed by atoms with E-state index in [9.17, 15) is 10.1 Å². The lowest BCUT2D eigenvalue weighted by molar-refractivity contribution is -0.385. The van der Waals surface area contributed by atoms with Crippen LogP contribution < -0.4 is 10.6 Å². The molecule has 0 unspecified atom stereocenters. The van der Waals surface area contributed by atoms with E-state index in [1.165, 1.54) is 12.3 Å². The van der Waals surface area contributed by atoms with Crippen LogP contribution in [0.2, 0.25) is 0 Å². The Balaban J connectivity index is 2.25. The van der Waals surface area contributed by atoms with Gasteiger partial charge in [-0.2, -0.15) is 5.26 Å². The summed E-state index contributed by atoms with van der Waals surface area (Å²) in [5, 5.41) is 26.2. The SMILES string of the molecule is CC1(Nc2ncc([N+](=O)[O-])cc2C#N)CCNCC1. The largest absolute Gasteiger partial charge is 0.364 e. The summed E-state index contributed by atoms with van der Waals surface area (Å²) in [7, 11) is 0. The fourth-order valence-corrected chi connectivity index (χ4v) is 2.13. The van der Waals surface area contributed by atoms with Gasteiger partial charge in [-0.25, -0.2) is 4.98 Å². The molecule has 1 aromatic rings. The van der Waals surface area contributed by atoms with Gasteiger partial charge in [-0.05, 0) is 32.9 Å². The van der Waals surface area contributed by atoms with Crippen molar-refractivity contribution in [2.45, 2.75) is 25.3 Å². The molecule has 7 nitrogen and oxygen atoms in total. The van der Waals surface area contributed by atoms with Gasteiger partial charge < -0.3 is 10.6 Å². The van der Waals surface area contributed by atoms with E-state index in [4.69, 9.17) is 5.26 Å². The summed E-state index contributed by atoms with van der Waals surface area (Å²) < 4.78 is 0. The zero-order valence-corrected chi connectivity index (χ0v) is 10.6. The highest BCUT2D eigenvalue weighted by Gasteiger charge is 2.28. The fraction of sp³-hybridized carbons (Fsp3) is 0.500. The number of hydrogen-bond donors (Lipinski definition) is 2. The number of rotatable bonds is 3. The number of anilines is 1. The molecule has 2 N–H and O–H groups in total. The van der Waals surface area contributed by atoms with E-state index < -0.39 is 4.92 Å². The van der Waals surface area contributed by atoms with Gasteiger partial charge in [0.25, 0.3) is 5.69 Å². The van der Waals surface area contributed by atoms with E-state index in [0.29, 0.717) is 5.82 Å². The lowest BCUT2D eigenvalue weighted by Gasteiger charge is -2.35. The van der Waals surface area contributed by atoms with Gasteiger partial charge >= 0.3 is 0 Å². The second-order valence-electron chi connectivity index (χ2n) is 4.89. The van der Waals surface area contributed by atoms with Crippen LogP contribution in [0.25, 0.3) is 0 Å². The molecule has 0 atom stereocenters. The fourth-order valence-electron chi connectivity index (χ4n) is 2.13. The molecule has 1 fully saturated rings. The van der Waals surface area contributed by atoms with Crippen molar-refractivity contribution in [1.29, 1.82) is 5.26 Å². The molecule has 7 heteroatoms. The summed E-state index contributed by atoms with van der Waals surface area (Å²) in [6.45, 7) is 3.87. The Kier molecular flexibility index (Phi) is 3.62. The second-order valence-corrected chi connectivity index (χ2v) is 4.89. The van der Waals surface area contributed by atoms with Crippen LogP contribution in [0.1, 0.15) is 25.3 Å². The van der Waals surface area contributed by atoms with Crippen LogP contribution in [0.4, 0.5) is 11.5 Å². The van der Waals surface area contributed by atoms with Gasteiger partial charge in [-0.1, -0.05) is 0 Å². The highest BCUT2D eigenvalue weighted by atomic mass is 16.6. The van der Waals surface area contributed by atoms with Crippen molar-refractivity contribution in [3.8, 4) is 6.07 Å². The zero-order valence-electron chi connectivity index (χ0n) is 10.6. The van der Waals surface area contributed by atoms with Crippen molar-refractivity contribution in [3.05, 3.63) is 27.9 Å². The van der Waals surface area contributed by atoms with Gasteiger partial charge in [-0.15, -0.1) is 0 Å². The molecule has 2 heterocycles. The summed E-state index contributed by atoms with van der Waals surface area (Å²) in [6, 6.07) is 3.20. The first kappa shape index (κ1) is 13.2. The monoisotopic (exact) mass is 261 g/mol. The molecule has 1 saturated heterocycles. The average molecular weight is 261 g/mol. The molecule has 19 heavy (non-hydrogen) atoms. The van der Waals surface area contributed by atoms with Gasteiger partial charge in [0.05, 0.1) is 4.92 Å². The number of hydrogen-bond acceptors (Lipinski definition) is 6. The van der Waals surface area contributed by atoms with Crippen molar-refractivity contribution in [2.75, 3.05) is 18.4 Å². The molecule has 100 valence electrons. The van der Waals surface area contributed by atoms with Crippen molar-refractivity contribution >= 4 is 11.5 Å². The molecule has 0 aliphatic carbocycles. The molecule has 1 aliphatic rings. The zero-order chi connectivity index (χ0) is 13.9. The Morgan fingerprint density at radius 1 is 1.58 bits per heavy atom. The minimum atomic E-state index is -0.552. The Morgan fingerprint density at radius 2 is 2.26 bits per heavy atom. The second kappa shape index (κ2) is 5.20. The molecule has 0 amide bonds. The van der Waals surface area contributed by atoms with Crippen LogP contribution in [0.3, 0.4) is 0 Å². The number of nitriles is 1. The van der Waals surface area contributed by atoms with E-state index in [2.05, 4.69) is 22.5 Å². The van der Waals surface area contributed by atoms with Crippen molar-refractivity contribution in [3.63, 3.8) is 0 Å². The predicted molar refractivity (Wildman–Crippen MR) is 69.7 cm³/mol. The normalized spacial score (nSPS) is 17.5. The average Bonchev–Trinajstić information content (AvgIpc) is 2.39. The van der Waals surface area contributed by atoms with Gasteiger partial charge in [0, 0.05) is 11.6 Å². The lowest BCUT2D eigenvalue weighted by Crippen LogP contribution is -2.45. The van der Waals surface area contributed by atoms with Crippen molar-refractivity contribution < 1.29 is 4.92 Å². The summed E-state index contributed by atoms with van der Waals surface area (Å²) in [4.78, 5) is 14.1. The lowest BCUT2D eigenvalue weighted by atomic mass is 9.90. The molecule has 2 rings (SSSR count). The molecule has 1 aromatic heterocycles. The minimum Gasteiger partial charge on any atom is -0.364 e. The maximum absolute atomic E-state index is 10.7. The van der Waals surface area contributed by atoms with Gasteiger partial charge in [0.1, 0.15) is 23.6 Å². The van der Waals surface area contributed by atoms with E-state index in [1.54, 1.807) is 0 Å². The highest BCUT2D eigenvalue weighted by Crippen LogP contribution is 2.26. The Hall–Kier alpha value is -2.20. The van der Waals surface area contributed by atoms with Crippen LogP contribution in [0, 0.1) is 21.4 Å². The molecule has 0 saturated carbocycles. The predicted octanol–water partition coefficient (Wildman–Crippen LogP) is 1.42. The van der Waals surface area contributed by atoms with E-state index >= 15 is 0 Å². The molecule has 1 aliphatic heterocycles. The van der Waals surface area contributed by atoms with E-state index in [-0.39, 0.29) is 16.8 Å². The van der Waals surface area contributed by atoms with Crippen LogP contribution >= 0.6 is 0 Å². The quantitative estimate of drug-likeness (QED) is 0.629. The standard InChI is InChI=1S/C12H15N5O2/c1-12(2-4-14-5-3-12)16-11-9(7-13)6-10(8-15-11)17(18)19/h6,8,14H,2-5H2,1H3,(H,15,16). The number of nitrogens with one attached hydrogen (secondary N) is 2. The highest BCUT2D eigenvalue weighted by molar-refractivity contribution is 5.56. The summed E-state index contributed by atoms with van der Waals surface area (Å²) >= 11 is 0. The number of piperidine rings is 1. The molecule has 0 aromatic carbocycles. The number of pyridine rings is 1. The van der Waals surface area contributed by atoms with Gasteiger partial charge in [0.2, 0.25) is 0 Å². The third-order valence-electron chi connectivity index (χ3n) is 3.33. The Labute approximate surface area is 110 Å². The smallest absolute Gasteiger partial charge is 0.289 e. The third kappa shape index (κ3) is 2.98. The molecular formula is C12H15N5O2. The van der Waals surface area contributed by atoms with Crippen molar-refractivity contribution in [2.24, 2.45) is 0 Å². The van der Waals surface area contributed by atoms with Gasteiger partial charge in [0.15, 0.2) is 0 Å².